The van der Waals surface area contributed by atoms with E-state index in [0.29, 0.717) is 11.4 Å². The molecule has 0 fully saturated rings. The standard InChI is InChI=1S/C15H12ClFN2O3/c1-22-11-5-3-10(4-6-11)18-14(20)15(21)19-13-8-9(17)2-7-12(13)16/h2-8H,1H3,(H,18,20)(H,19,21). The van der Waals surface area contributed by atoms with Crippen LogP contribution in [0.1, 0.15) is 0 Å². The normalized spacial score (nSPS) is 9.95. The Kier molecular flexibility index (Phi) is 4.95. The monoisotopic (exact) mass is 322 g/mol. The van der Waals surface area contributed by atoms with Crippen molar-refractivity contribution in [2.45, 2.75) is 0 Å². The Morgan fingerprint density at radius 2 is 1.68 bits per heavy atom. The molecule has 0 aliphatic rings. The fourth-order valence-corrected chi connectivity index (χ4v) is 1.80. The molecule has 0 aromatic heterocycles. The van der Waals surface area contributed by atoms with E-state index in [0.717, 1.165) is 12.1 Å². The van der Waals surface area contributed by atoms with Crippen LogP contribution in [0.4, 0.5) is 15.8 Å². The molecule has 22 heavy (non-hydrogen) atoms. The highest BCUT2D eigenvalue weighted by Crippen LogP contribution is 2.22. The average molecular weight is 323 g/mol. The van der Waals surface area contributed by atoms with Crippen molar-refractivity contribution in [1.29, 1.82) is 0 Å². The summed E-state index contributed by atoms with van der Waals surface area (Å²) < 4.78 is 18.1. The van der Waals surface area contributed by atoms with E-state index < -0.39 is 17.6 Å². The molecule has 0 saturated heterocycles. The molecule has 0 aliphatic carbocycles. The summed E-state index contributed by atoms with van der Waals surface area (Å²) in [5.41, 5.74) is 0.447. The van der Waals surface area contributed by atoms with E-state index in [1.807, 2.05) is 0 Å². The van der Waals surface area contributed by atoms with Crippen LogP contribution in [0.15, 0.2) is 42.5 Å². The zero-order valence-electron chi connectivity index (χ0n) is 11.5. The highest BCUT2D eigenvalue weighted by molar-refractivity contribution is 6.44. The van der Waals surface area contributed by atoms with Gasteiger partial charge >= 0.3 is 11.8 Å². The number of rotatable bonds is 3. The van der Waals surface area contributed by atoms with Gasteiger partial charge in [0.2, 0.25) is 0 Å². The third kappa shape index (κ3) is 3.95. The van der Waals surface area contributed by atoms with Crippen molar-refractivity contribution < 1.29 is 18.7 Å². The van der Waals surface area contributed by atoms with Crippen LogP contribution in [0.25, 0.3) is 0 Å². The molecular formula is C15H12ClFN2O3. The van der Waals surface area contributed by atoms with Gasteiger partial charge in [-0.3, -0.25) is 9.59 Å². The van der Waals surface area contributed by atoms with Gasteiger partial charge in [0.25, 0.3) is 0 Å². The Morgan fingerprint density at radius 1 is 1.05 bits per heavy atom. The lowest BCUT2D eigenvalue weighted by Crippen LogP contribution is -2.29. The van der Waals surface area contributed by atoms with Gasteiger partial charge in [-0.2, -0.15) is 0 Å². The smallest absolute Gasteiger partial charge is 0.314 e. The second kappa shape index (κ2) is 6.91. The Balaban J connectivity index is 2.02. The molecule has 2 N–H and O–H groups in total. The van der Waals surface area contributed by atoms with Crippen molar-refractivity contribution in [2.75, 3.05) is 17.7 Å². The van der Waals surface area contributed by atoms with E-state index in [2.05, 4.69) is 10.6 Å². The van der Waals surface area contributed by atoms with Crippen LogP contribution in [0.2, 0.25) is 5.02 Å². The molecule has 2 amide bonds. The van der Waals surface area contributed by atoms with E-state index in [-0.39, 0.29) is 10.7 Å². The first-order chi connectivity index (χ1) is 10.5. The highest BCUT2D eigenvalue weighted by atomic mass is 35.5. The fourth-order valence-electron chi connectivity index (χ4n) is 1.63. The van der Waals surface area contributed by atoms with Gasteiger partial charge in [-0.15, -0.1) is 0 Å². The van der Waals surface area contributed by atoms with Crippen LogP contribution in [-0.4, -0.2) is 18.9 Å². The number of ether oxygens (including phenoxy) is 1. The summed E-state index contributed by atoms with van der Waals surface area (Å²) >= 11 is 5.81. The molecule has 114 valence electrons. The molecule has 0 atom stereocenters. The van der Waals surface area contributed by atoms with Crippen molar-refractivity contribution in [3.05, 3.63) is 53.3 Å². The van der Waals surface area contributed by atoms with Crippen molar-refractivity contribution >= 4 is 34.8 Å². The van der Waals surface area contributed by atoms with Gasteiger partial charge in [-0.05, 0) is 42.5 Å². The number of nitrogens with one attached hydrogen (secondary N) is 2. The third-order valence-electron chi connectivity index (χ3n) is 2.73. The minimum absolute atomic E-state index is 0.0246. The van der Waals surface area contributed by atoms with E-state index in [9.17, 15) is 14.0 Å². The van der Waals surface area contributed by atoms with Gasteiger partial charge in [0.1, 0.15) is 11.6 Å². The van der Waals surface area contributed by atoms with Crippen LogP contribution in [0.5, 0.6) is 5.75 Å². The van der Waals surface area contributed by atoms with E-state index in [1.165, 1.54) is 13.2 Å². The highest BCUT2D eigenvalue weighted by Gasteiger charge is 2.15. The van der Waals surface area contributed by atoms with Crippen LogP contribution in [0.3, 0.4) is 0 Å². The zero-order valence-corrected chi connectivity index (χ0v) is 12.3. The third-order valence-corrected chi connectivity index (χ3v) is 3.06. The molecule has 7 heteroatoms. The van der Waals surface area contributed by atoms with Crippen molar-refractivity contribution in [3.63, 3.8) is 0 Å². The van der Waals surface area contributed by atoms with E-state index in [4.69, 9.17) is 16.3 Å². The Bertz CT molecular complexity index is 704. The summed E-state index contributed by atoms with van der Waals surface area (Å²) in [6.07, 6.45) is 0. The van der Waals surface area contributed by atoms with Crippen LogP contribution >= 0.6 is 11.6 Å². The number of methoxy groups -OCH3 is 1. The Hall–Kier alpha value is -2.60. The van der Waals surface area contributed by atoms with Crippen molar-refractivity contribution in [2.24, 2.45) is 0 Å². The lowest BCUT2D eigenvalue weighted by atomic mass is 10.3. The first-order valence-corrected chi connectivity index (χ1v) is 6.59. The molecule has 0 bridgehead atoms. The minimum Gasteiger partial charge on any atom is -0.497 e. The van der Waals surface area contributed by atoms with Gasteiger partial charge in [0.15, 0.2) is 0 Å². The zero-order chi connectivity index (χ0) is 16.1. The predicted molar refractivity (Wildman–Crippen MR) is 81.7 cm³/mol. The number of carbonyl (C=O) groups excluding carboxylic acids is 2. The summed E-state index contributed by atoms with van der Waals surface area (Å²) in [4.78, 5) is 23.6. The van der Waals surface area contributed by atoms with E-state index in [1.54, 1.807) is 24.3 Å². The first kappa shape index (κ1) is 15.8. The van der Waals surface area contributed by atoms with Gasteiger partial charge < -0.3 is 15.4 Å². The summed E-state index contributed by atoms with van der Waals surface area (Å²) in [6.45, 7) is 0. The summed E-state index contributed by atoms with van der Waals surface area (Å²) in [7, 11) is 1.52. The summed E-state index contributed by atoms with van der Waals surface area (Å²) in [6, 6.07) is 9.90. The van der Waals surface area contributed by atoms with Crippen LogP contribution in [-0.2, 0) is 9.59 Å². The topological polar surface area (TPSA) is 67.4 Å². The molecule has 2 aromatic carbocycles. The molecule has 5 nitrogen and oxygen atoms in total. The molecule has 0 spiro atoms. The Morgan fingerprint density at radius 3 is 2.32 bits per heavy atom. The lowest BCUT2D eigenvalue weighted by Gasteiger charge is -2.08. The number of hydrogen-bond donors (Lipinski definition) is 2. The van der Waals surface area contributed by atoms with Crippen molar-refractivity contribution in [3.8, 4) is 5.75 Å². The predicted octanol–water partition coefficient (Wildman–Crippen LogP) is 3.06. The maximum atomic E-state index is 13.1. The number of benzene rings is 2. The number of carbonyl (C=O) groups is 2. The molecule has 2 aromatic rings. The minimum atomic E-state index is -0.955. The van der Waals surface area contributed by atoms with Crippen LogP contribution < -0.4 is 15.4 Å². The Labute approximate surface area is 131 Å². The molecular weight excluding hydrogens is 311 g/mol. The lowest BCUT2D eigenvalue weighted by molar-refractivity contribution is -0.132. The number of hydrogen-bond acceptors (Lipinski definition) is 3. The van der Waals surface area contributed by atoms with Gasteiger partial charge in [-0.25, -0.2) is 4.39 Å². The molecule has 2 rings (SSSR count). The number of amides is 2. The number of anilines is 2. The van der Waals surface area contributed by atoms with E-state index >= 15 is 0 Å². The molecule has 0 aliphatic heterocycles. The first-order valence-electron chi connectivity index (χ1n) is 6.21. The number of halogens is 2. The molecule has 0 unspecified atom stereocenters. The maximum Gasteiger partial charge on any atom is 0.314 e. The molecule has 0 saturated carbocycles. The van der Waals surface area contributed by atoms with Gasteiger partial charge in [-0.1, -0.05) is 11.6 Å². The average Bonchev–Trinajstić information content (AvgIpc) is 2.51. The van der Waals surface area contributed by atoms with Crippen molar-refractivity contribution in [1.82, 2.24) is 0 Å². The van der Waals surface area contributed by atoms with Gasteiger partial charge in [0.05, 0.1) is 17.8 Å². The maximum absolute atomic E-state index is 13.1. The van der Waals surface area contributed by atoms with Crippen LogP contribution in [0, 0.1) is 5.82 Å². The molecule has 0 heterocycles. The molecule has 0 radical (unpaired) electrons. The van der Waals surface area contributed by atoms with Gasteiger partial charge in [0, 0.05) is 5.69 Å². The summed E-state index contributed by atoms with van der Waals surface area (Å²) in [5.74, 6) is -1.81. The SMILES string of the molecule is COc1ccc(NC(=O)C(=O)Nc2cc(F)ccc2Cl)cc1. The second-order valence-corrected chi connectivity index (χ2v) is 4.67. The fraction of sp³-hybridized carbons (Fsp3) is 0.0667. The quantitative estimate of drug-likeness (QED) is 0.853. The summed E-state index contributed by atoms with van der Waals surface area (Å²) in [5, 5.41) is 4.78. The largest absolute Gasteiger partial charge is 0.497 e. The second-order valence-electron chi connectivity index (χ2n) is 4.26.